The second kappa shape index (κ2) is 11.7. The first-order valence-corrected chi connectivity index (χ1v) is 19.8. The summed E-state index contributed by atoms with van der Waals surface area (Å²) in [5.74, 6) is 0. The van der Waals surface area contributed by atoms with Crippen LogP contribution >= 0.6 is 92.0 Å². The molecule has 0 saturated heterocycles. The van der Waals surface area contributed by atoms with Crippen LogP contribution in [0.1, 0.15) is 14.6 Å². The Morgan fingerprint density at radius 3 is 1.43 bits per heavy atom. The molecule has 5 aromatic rings. The molecule has 0 bridgehead atoms. The predicted octanol–water partition coefficient (Wildman–Crippen LogP) is 11.1. The number of hydrogen-bond acceptors (Lipinski definition) is 8. The van der Waals surface area contributed by atoms with E-state index in [1.807, 2.05) is 103 Å². The summed E-state index contributed by atoms with van der Waals surface area (Å²) in [5.41, 5.74) is 1.36. The minimum Gasteiger partial charge on any atom is -0.134 e. The first-order chi connectivity index (χ1) is 18.1. The van der Waals surface area contributed by atoms with E-state index in [0.717, 1.165) is 0 Å². The monoisotopic (exact) mass is 645 g/mol. The Bertz CT molecular complexity index is 1560. The Kier molecular flexibility index (Phi) is 8.33. The van der Waals surface area contributed by atoms with Gasteiger partial charge in [-0.1, -0.05) is 0 Å². The molecule has 0 aromatic carbocycles. The molecule has 0 N–H and O–H groups in total. The van der Waals surface area contributed by atoms with E-state index >= 15 is 0 Å². The van der Waals surface area contributed by atoms with Crippen molar-refractivity contribution in [3.05, 3.63) is 92.4 Å². The molecule has 0 nitrogen and oxygen atoms in total. The quantitative estimate of drug-likeness (QED) is 0.0936. The van der Waals surface area contributed by atoms with Crippen LogP contribution in [0, 0.1) is 0 Å². The summed E-state index contributed by atoms with van der Waals surface area (Å²) >= 11 is 16.8. The molecule has 0 saturated carbocycles. The maximum atomic E-state index is 2.32. The molecule has 1 aliphatic heterocycles. The summed E-state index contributed by atoms with van der Waals surface area (Å²) in [6.07, 6.45) is 11.1. The first kappa shape index (κ1) is 26.3. The summed E-state index contributed by atoms with van der Waals surface area (Å²) in [7, 11) is 0. The summed E-state index contributed by atoms with van der Waals surface area (Å²) in [6.45, 7) is 0. The molecular formula is C28H21S9+. The summed E-state index contributed by atoms with van der Waals surface area (Å²) in [6, 6.07) is 22.7. The van der Waals surface area contributed by atoms with Gasteiger partial charge >= 0.3 is 0 Å². The van der Waals surface area contributed by atoms with Gasteiger partial charge in [-0.2, -0.15) is 0 Å². The molecule has 5 aromatic heterocycles. The smallest absolute Gasteiger partial charge is 0.134 e. The highest BCUT2D eigenvalue weighted by Crippen LogP contribution is 2.45. The number of thioether (sulfide) groups is 3. The highest BCUT2D eigenvalue weighted by Gasteiger charge is 2.28. The fourth-order valence-electron chi connectivity index (χ4n) is 3.87. The SMILES string of the molecule is CSc1ccc(C2=[S+]C(=C(c3ccc(-c4ccc(SC)s4)s3)c3ccc(-c4ccc(SC)s4)s3)C=C2)s1. The molecule has 6 heterocycles. The highest BCUT2D eigenvalue weighted by molar-refractivity contribution is 8.01. The lowest BCUT2D eigenvalue weighted by atomic mass is 10.1. The van der Waals surface area contributed by atoms with E-state index in [1.54, 1.807) is 0 Å². The Balaban J connectivity index is 1.43. The third-order valence-electron chi connectivity index (χ3n) is 5.63. The predicted molar refractivity (Wildman–Crippen MR) is 182 cm³/mol. The third-order valence-corrected chi connectivity index (χ3v) is 16.0. The zero-order valence-electron chi connectivity index (χ0n) is 20.1. The maximum Gasteiger partial charge on any atom is 0.248 e. The largest absolute Gasteiger partial charge is 0.248 e. The van der Waals surface area contributed by atoms with Gasteiger partial charge in [0.25, 0.3) is 0 Å². The Labute approximate surface area is 254 Å². The van der Waals surface area contributed by atoms with E-state index < -0.39 is 0 Å². The van der Waals surface area contributed by atoms with E-state index in [1.165, 1.54) is 62.1 Å². The molecule has 0 amide bonds. The number of hydrogen-bond donors (Lipinski definition) is 0. The lowest BCUT2D eigenvalue weighted by Gasteiger charge is -2.00. The molecule has 0 unspecified atom stereocenters. The van der Waals surface area contributed by atoms with Gasteiger partial charge in [-0.15, -0.1) is 92.0 Å². The van der Waals surface area contributed by atoms with Crippen molar-refractivity contribution in [3.63, 3.8) is 0 Å². The molecule has 0 spiro atoms. The van der Waals surface area contributed by atoms with Crippen LogP contribution in [0.15, 0.2) is 90.3 Å². The molecule has 0 atom stereocenters. The van der Waals surface area contributed by atoms with E-state index in [4.69, 9.17) is 0 Å². The van der Waals surface area contributed by atoms with Gasteiger partial charge in [-0.05, 0) is 79.4 Å². The lowest BCUT2D eigenvalue weighted by Crippen LogP contribution is -1.91. The highest BCUT2D eigenvalue weighted by atomic mass is 32.2. The molecule has 9 heteroatoms. The van der Waals surface area contributed by atoms with Crippen molar-refractivity contribution in [1.82, 2.24) is 0 Å². The second-order valence-corrected chi connectivity index (χ2v) is 17.7. The zero-order chi connectivity index (χ0) is 25.4. The Morgan fingerprint density at radius 1 is 0.514 bits per heavy atom. The molecule has 186 valence electrons. The van der Waals surface area contributed by atoms with Crippen molar-refractivity contribution in [2.24, 2.45) is 0 Å². The standard InChI is InChI=1S/C28H21S9/c1-29-25-13-10-19(35-25)16-4-7-22(32-16)28(23-8-5-17(33-23)20-11-14-26(30-2)36-20)24-9-6-18(34-24)21-12-15-27(31-3)37-21/h4-15H,1-3H3/q+1. The van der Waals surface area contributed by atoms with Crippen molar-refractivity contribution in [3.8, 4) is 19.5 Å². The van der Waals surface area contributed by atoms with E-state index in [0.29, 0.717) is 0 Å². The average molecular weight is 646 g/mol. The van der Waals surface area contributed by atoms with Gasteiger partial charge in [0, 0.05) is 41.4 Å². The topological polar surface area (TPSA) is 0 Å². The van der Waals surface area contributed by atoms with Crippen LogP contribution in [-0.4, -0.2) is 23.6 Å². The molecular weight excluding hydrogens is 625 g/mol. The second-order valence-electron chi connectivity index (χ2n) is 7.84. The van der Waals surface area contributed by atoms with E-state index in [9.17, 15) is 0 Å². The van der Waals surface area contributed by atoms with Crippen LogP contribution in [-0.2, 0) is 11.4 Å². The van der Waals surface area contributed by atoms with Gasteiger partial charge in [0.2, 0.25) is 21.1 Å². The van der Waals surface area contributed by atoms with Gasteiger partial charge in [0.05, 0.1) is 23.1 Å². The first-order valence-electron chi connectivity index (χ1n) is 11.3. The minimum atomic E-state index is 1.34. The van der Waals surface area contributed by atoms with Crippen LogP contribution in [0.2, 0.25) is 0 Å². The van der Waals surface area contributed by atoms with Crippen LogP contribution < -0.4 is 0 Å². The lowest BCUT2D eigenvalue weighted by molar-refractivity contribution is 1.74. The molecule has 6 rings (SSSR count). The molecule has 1 aliphatic rings. The van der Waals surface area contributed by atoms with Crippen LogP contribution in [0.4, 0.5) is 0 Å². The maximum absolute atomic E-state index is 2.32. The zero-order valence-corrected chi connectivity index (χ0v) is 27.5. The van der Waals surface area contributed by atoms with E-state index in [-0.39, 0.29) is 0 Å². The molecule has 0 aliphatic carbocycles. The fourth-order valence-corrected chi connectivity index (χ4v) is 12.2. The molecule has 37 heavy (non-hydrogen) atoms. The average Bonchev–Trinajstić information content (AvgIpc) is 3.76. The van der Waals surface area contributed by atoms with Gasteiger partial charge < -0.3 is 0 Å². The van der Waals surface area contributed by atoms with E-state index in [2.05, 4.69) is 91.6 Å². The van der Waals surface area contributed by atoms with Gasteiger partial charge in [-0.3, -0.25) is 0 Å². The summed E-state index contributed by atoms with van der Waals surface area (Å²) in [4.78, 5) is 12.1. The minimum absolute atomic E-state index is 1.34. The normalized spacial score (nSPS) is 13.1. The third kappa shape index (κ3) is 5.58. The fraction of sp³-hybridized carbons (Fsp3) is 0.107. The van der Waals surface area contributed by atoms with Crippen molar-refractivity contribution in [2.75, 3.05) is 18.8 Å². The van der Waals surface area contributed by atoms with Gasteiger partial charge in [0.1, 0.15) is 0 Å². The van der Waals surface area contributed by atoms with Crippen molar-refractivity contribution in [2.45, 2.75) is 12.6 Å². The number of rotatable bonds is 8. The van der Waals surface area contributed by atoms with Crippen LogP contribution in [0.5, 0.6) is 0 Å². The molecule has 0 fully saturated rings. The van der Waals surface area contributed by atoms with Crippen molar-refractivity contribution >= 4 is 114 Å². The van der Waals surface area contributed by atoms with Crippen molar-refractivity contribution in [1.29, 1.82) is 0 Å². The van der Waals surface area contributed by atoms with Crippen LogP contribution in [0.25, 0.3) is 25.1 Å². The van der Waals surface area contributed by atoms with Gasteiger partial charge in [0.15, 0.2) is 0 Å². The Morgan fingerprint density at radius 2 is 0.946 bits per heavy atom. The Hall–Kier alpha value is -0.880. The molecule has 0 radical (unpaired) electrons. The number of thiophene rings is 5. The summed E-state index contributed by atoms with van der Waals surface area (Å²) < 4.78 is 4.09. The number of allylic oxidation sites excluding steroid dienone is 2. The van der Waals surface area contributed by atoms with Crippen molar-refractivity contribution < 1.29 is 0 Å². The summed E-state index contributed by atoms with van der Waals surface area (Å²) in [5, 5.41) is 0. The van der Waals surface area contributed by atoms with Crippen LogP contribution in [0.3, 0.4) is 0 Å². The van der Waals surface area contributed by atoms with Gasteiger partial charge in [-0.25, -0.2) is 0 Å².